The number of aromatic nitrogens is 3. The van der Waals surface area contributed by atoms with E-state index in [0.29, 0.717) is 31.8 Å². The number of nitrogens with one attached hydrogen (secondary N) is 2. The number of rotatable bonds is 4. The van der Waals surface area contributed by atoms with Gasteiger partial charge in [0.2, 0.25) is 0 Å². The van der Waals surface area contributed by atoms with Crippen molar-refractivity contribution in [2.75, 3.05) is 11.9 Å². The van der Waals surface area contributed by atoms with Crippen LogP contribution in [0.5, 0.6) is 0 Å². The summed E-state index contributed by atoms with van der Waals surface area (Å²) in [6.07, 6.45) is 5.57. The Bertz CT molecular complexity index is 1510. The molecule has 2 aromatic carbocycles. The number of anilines is 1. The zero-order chi connectivity index (χ0) is 22.4. The average Bonchev–Trinajstić information content (AvgIpc) is 3.45. The van der Waals surface area contributed by atoms with Crippen molar-refractivity contribution in [1.29, 1.82) is 0 Å². The summed E-state index contributed by atoms with van der Waals surface area (Å²) >= 11 is 0. The number of fused-ring (bicyclic) bond motifs is 4. The summed E-state index contributed by atoms with van der Waals surface area (Å²) in [5, 5.41) is 4.35. The highest BCUT2D eigenvalue weighted by Gasteiger charge is 2.27. The molecule has 33 heavy (non-hydrogen) atoms. The van der Waals surface area contributed by atoms with Gasteiger partial charge in [0.05, 0.1) is 23.8 Å². The summed E-state index contributed by atoms with van der Waals surface area (Å²) in [5.41, 5.74) is 6.14. The Morgan fingerprint density at radius 3 is 2.91 bits per heavy atom. The monoisotopic (exact) mass is 441 g/mol. The Morgan fingerprint density at radius 1 is 1.12 bits per heavy atom. The highest BCUT2D eigenvalue weighted by Crippen LogP contribution is 2.29. The van der Waals surface area contributed by atoms with E-state index in [1.54, 1.807) is 23.4 Å². The maximum atomic E-state index is 13.6. The first-order valence-electron chi connectivity index (χ1n) is 10.7. The lowest BCUT2D eigenvalue weighted by Crippen LogP contribution is -2.36. The molecule has 0 aliphatic carbocycles. The minimum Gasteiger partial charge on any atom is -0.459 e. The third kappa shape index (κ3) is 3.49. The van der Waals surface area contributed by atoms with Crippen molar-refractivity contribution in [3.05, 3.63) is 89.5 Å². The molecule has 1 aliphatic heterocycles. The molecule has 1 amide bonds. The zero-order valence-electron chi connectivity index (χ0n) is 17.6. The minimum absolute atomic E-state index is 0.156. The van der Waals surface area contributed by atoms with Crippen LogP contribution in [-0.4, -0.2) is 32.3 Å². The highest BCUT2D eigenvalue weighted by atomic mass is 19.1. The molecule has 0 bridgehead atoms. The average molecular weight is 441 g/mol. The van der Waals surface area contributed by atoms with Crippen LogP contribution in [0.3, 0.4) is 0 Å². The van der Waals surface area contributed by atoms with E-state index < -0.39 is 0 Å². The summed E-state index contributed by atoms with van der Waals surface area (Å²) in [5.74, 6) is -0.106. The predicted molar refractivity (Wildman–Crippen MR) is 122 cm³/mol. The highest BCUT2D eigenvalue weighted by molar-refractivity contribution is 5.94. The van der Waals surface area contributed by atoms with Gasteiger partial charge in [-0.15, -0.1) is 0 Å². The van der Waals surface area contributed by atoms with E-state index in [0.717, 1.165) is 44.4 Å². The topological polar surface area (TPSA) is 87.1 Å². The van der Waals surface area contributed by atoms with Crippen LogP contribution in [0.15, 0.2) is 65.5 Å². The Morgan fingerprint density at radius 2 is 2.00 bits per heavy atom. The molecule has 5 aromatic rings. The Kier molecular flexibility index (Phi) is 4.57. The maximum absolute atomic E-state index is 13.6. The molecule has 0 unspecified atom stereocenters. The van der Waals surface area contributed by atoms with Crippen molar-refractivity contribution < 1.29 is 13.6 Å². The fourth-order valence-electron chi connectivity index (χ4n) is 4.47. The van der Waals surface area contributed by atoms with Gasteiger partial charge in [0, 0.05) is 53.3 Å². The number of nitrogens with zero attached hydrogens (tertiary/aromatic N) is 3. The molecule has 0 fully saturated rings. The van der Waals surface area contributed by atoms with Crippen LogP contribution < -0.4 is 5.32 Å². The van der Waals surface area contributed by atoms with E-state index >= 15 is 0 Å². The van der Waals surface area contributed by atoms with E-state index in [2.05, 4.69) is 20.3 Å². The smallest absolute Gasteiger partial charge is 0.290 e. The third-order valence-corrected chi connectivity index (χ3v) is 6.12. The standard InChI is InChI=1S/C25H20FN5O2/c26-16-1-3-18-19-5-9-31(14-23(19)30-21(18)11-16)25(32)24-15(6-10-33-24)13-29-17-2-4-20-22(12-17)28-8-7-27-20/h1-4,6-8,10-12,29-30H,5,9,13-14H2. The fourth-order valence-corrected chi connectivity index (χ4v) is 4.47. The molecule has 6 rings (SSSR count). The van der Waals surface area contributed by atoms with Gasteiger partial charge < -0.3 is 19.6 Å². The van der Waals surface area contributed by atoms with Gasteiger partial charge in [0.1, 0.15) is 5.82 Å². The lowest BCUT2D eigenvalue weighted by molar-refractivity contribution is 0.0699. The first-order chi connectivity index (χ1) is 16.2. The van der Waals surface area contributed by atoms with Crippen LogP contribution >= 0.6 is 0 Å². The summed E-state index contributed by atoms with van der Waals surface area (Å²) in [6.45, 7) is 1.45. The Hall–Kier alpha value is -4.20. The van der Waals surface area contributed by atoms with Crippen LogP contribution in [0.4, 0.5) is 10.1 Å². The second-order valence-electron chi connectivity index (χ2n) is 8.14. The number of benzene rings is 2. The number of hydrogen-bond acceptors (Lipinski definition) is 5. The number of hydrogen-bond donors (Lipinski definition) is 2. The maximum Gasteiger partial charge on any atom is 0.290 e. The first-order valence-corrected chi connectivity index (χ1v) is 10.7. The molecule has 1 aliphatic rings. The van der Waals surface area contributed by atoms with Crippen LogP contribution in [0.1, 0.15) is 27.4 Å². The van der Waals surface area contributed by atoms with Crippen LogP contribution in [0.2, 0.25) is 0 Å². The van der Waals surface area contributed by atoms with E-state index in [1.165, 1.54) is 18.4 Å². The summed E-state index contributed by atoms with van der Waals surface area (Å²) < 4.78 is 19.2. The second kappa shape index (κ2) is 7.74. The number of H-pyrrole nitrogens is 1. The van der Waals surface area contributed by atoms with E-state index in [9.17, 15) is 9.18 Å². The number of furan rings is 1. The first kappa shape index (κ1) is 19.5. The molecule has 164 valence electrons. The zero-order valence-corrected chi connectivity index (χ0v) is 17.6. The quantitative estimate of drug-likeness (QED) is 0.424. The predicted octanol–water partition coefficient (Wildman–Crippen LogP) is 4.65. The van der Waals surface area contributed by atoms with Gasteiger partial charge in [-0.25, -0.2) is 4.39 Å². The van der Waals surface area contributed by atoms with Crippen LogP contribution in [-0.2, 0) is 19.5 Å². The molecule has 0 radical (unpaired) electrons. The van der Waals surface area contributed by atoms with Crippen molar-refractivity contribution in [2.45, 2.75) is 19.5 Å². The summed E-state index contributed by atoms with van der Waals surface area (Å²) in [4.78, 5) is 26.9. The van der Waals surface area contributed by atoms with E-state index in [4.69, 9.17) is 4.42 Å². The Balaban J connectivity index is 1.19. The Labute approximate surface area is 188 Å². The summed E-state index contributed by atoms with van der Waals surface area (Å²) in [7, 11) is 0. The van der Waals surface area contributed by atoms with Gasteiger partial charge in [0.25, 0.3) is 5.91 Å². The number of amides is 1. The van der Waals surface area contributed by atoms with Crippen molar-refractivity contribution in [3.63, 3.8) is 0 Å². The van der Waals surface area contributed by atoms with Crippen molar-refractivity contribution >= 4 is 33.5 Å². The fraction of sp³-hybridized carbons (Fsp3) is 0.160. The second-order valence-corrected chi connectivity index (χ2v) is 8.14. The van der Waals surface area contributed by atoms with Gasteiger partial charge in [-0.3, -0.25) is 14.8 Å². The van der Waals surface area contributed by atoms with Gasteiger partial charge in [-0.2, -0.15) is 0 Å². The largest absolute Gasteiger partial charge is 0.459 e. The normalized spacial score (nSPS) is 13.4. The third-order valence-electron chi connectivity index (χ3n) is 6.12. The number of carbonyl (C=O) groups excluding carboxylic acids is 1. The summed E-state index contributed by atoms with van der Waals surface area (Å²) in [6, 6.07) is 12.3. The molecule has 0 saturated heterocycles. The molecule has 2 N–H and O–H groups in total. The molecular formula is C25H20FN5O2. The van der Waals surface area contributed by atoms with Crippen molar-refractivity contribution in [1.82, 2.24) is 19.9 Å². The molecule has 0 spiro atoms. The minimum atomic E-state index is -0.278. The van der Waals surface area contributed by atoms with Crippen LogP contribution in [0, 0.1) is 5.82 Å². The number of halogens is 1. The number of aromatic amines is 1. The molecular weight excluding hydrogens is 421 g/mol. The lowest BCUT2D eigenvalue weighted by Gasteiger charge is -2.26. The van der Waals surface area contributed by atoms with E-state index in [-0.39, 0.29) is 11.7 Å². The van der Waals surface area contributed by atoms with Crippen molar-refractivity contribution in [2.24, 2.45) is 0 Å². The van der Waals surface area contributed by atoms with Gasteiger partial charge in [-0.1, -0.05) is 0 Å². The van der Waals surface area contributed by atoms with E-state index in [1.807, 2.05) is 24.3 Å². The lowest BCUT2D eigenvalue weighted by atomic mass is 10.0. The SMILES string of the molecule is O=C(c1occc1CNc1ccc2nccnc2c1)N1CCc2c([nH]c3cc(F)ccc23)C1. The number of carbonyl (C=O) groups is 1. The van der Waals surface area contributed by atoms with Gasteiger partial charge >= 0.3 is 0 Å². The molecule has 0 atom stereocenters. The molecule has 8 heteroatoms. The molecule has 3 aromatic heterocycles. The van der Waals surface area contributed by atoms with Gasteiger partial charge in [0.15, 0.2) is 5.76 Å². The molecule has 0 saturated carbocycles. The van der Waals surface area contributed by atoms with Crippen molar-refractivity contribution in [3.8, 4) is 0 Å². The molecule has 4 heterocycles. The van der Waals surface area contributed by atoms with Gasteiger partial charge in [-0.05, 0) is 54.4 Å². The molecule has 7 nitrogen and oxygen atoms in total. The van der Waals surface area contributed by atoms with Crippen LogP contribution in [0.25, 0.3) is 21.9 Å².